The van der Waals surface area contributed by atoms with E-state index in [-0.39, 0.29) is 30.7 Å². The van der Waals surface area contributed by atoms with Gasteiger partial charge in [-0.1, -0.05) is 12.1 Å². The van der Waals surface area contributed by atoms with Gasteiger partial charge in [-0.25, -0.2) is 0 Å². The van der Waals surface area contributed by atoms with Crippen LogP contribution in [-0.2, 0) is 9.53 Å². The Morgan fingerprint density at radius 1 is 1.04 bits per heavy atom. The molecule has 2 amide bonds. The maximum absolute atomic E-state index is 12.2. The van der Waals surface area contributed by atoms with E-state index in [0.29, 0.717) is 24.3 Å². The number of hydrogen-bond donors (Lipinski definition) is 1. The average molecular weight is 331 g/mol. The highest BCUT2D eigenvalue weighted by molar-refractivity contribution is 6.21. The highest BCUT2D eigenvalue weighted by atomic mass is 16.5. The Morgan fingerprint density at radius 2 is 1.67 bits per heavy atom. The van der Waals surface area contributed by atoms with Gasteiger partial charge < -0.3 is 10.1 Å². The average Bonchev–Trinajstić information content (AvgIpc) is 2.85. The molecule has 0 spiro atoms. The van der Waals surface area contributed by atoms with Crippen LogP contribution in [0.3, 0.4) is 0 Å². The lowest BCUT2D eigenvalue weighted by molar-refractivity contribution is -0.144. The molecule has 2 aliphatic rings. The Kier molecular flexibility index (Phi) is 5.22. The summed E-state index contributed by atoms with van der Waals surface area (Å²) in [4.78, 5) is 39.5. The first-order valence-corrected chi connectivity index (χ1v) is 8.21. The fraction of sp³-hybridized carbons (Fsp3) is 0.471. The molecule has 1 aromatic rings. The Bertz CT molecular complexity index is 605. The maximum atomic E-state index is 12.2. The SMILES string of the molecule is O=C(CCN1C(=O)c2ccccc2C1=O)OCCN1CCNCC1. The molecule has 0 aliphatic carbocycles. The number of amides is 2. The molecule has 1 fully saturated rings. The normalized spacial score (nSPS) is 17.9. The van der Waals surface area contributed by atoms with E-state index in [2.05, 4.69) is 10.2 Å². The van der Waals surface area contributed by atoms with Crippen molar-refractivity contribution < 1.29 is 19.1 Å². The summed E-state index contributed by atoms with van der Waals surface area (Å²) in [5.41, 5.74) is 0.796. The number of benzene rings is 1. The Morgan fingerprint density at radius 3 is 2.29 bits per heavy atom. The van der Waals surface area contributed by atoms with Crippen LogP contribution in [0.2, 0.25) is 0 Å². The van der Waals surface area contributed by atoms with Gasteiger partial charge in [-0.2, -0.15) is 0 Å². The van der Waals surface area contributed by atoms with Crippen molar-refractivity contribution in [2.75, 3.05) is 45.9 Å². The second-order valence-corrected chi connectivity index (χ2v) is 5.87. The molecule has 2 aliphatic heterocycles. The van der Waals surface area contributed by atoms with E-state index in [4.69, 9.17) is 4.74 Å². The van der Waals surface area contributed by atoms with Gasteiger partial charge in [-0.05, 0) is 12.1 Å². The van der Waals surface area contributed by atoms with Gasteiger partial charge >= 0.3 is 5.97 Å². The Labute approximate surface area is 140 Å². The number of carbonyl (C=O) groups excluding carboxylic acids is 3. The molecule has 0 bridgehead atoms. The zero-order valence-electron chi connectivity index (χ0n) is 13.5. The van der Waals surface area contributed by atoms with Crippen LogP contribution >= 0.6 is 0 Å². The molecule has 0 saturated carbocycles. The summed E-state index contributed by atoms with van der Waals surface area (Å²) in [6, 6.07) is 6.69. The lowest BCUT2D eigenvalue weighted by Gasteiger charge is -2.26. The van der Waals surface area contributed by atoms with Gasteiger partial charge in [0.2, 0.25) is 0 Å². The first-order valence-electron chi connectivity index (χ1n) is 8.21. The van der Waals surface area contributed by atoms with Gasteiger partial charge in [-0.15, -0.1) is 0 Å². The largest absolute Gasteiger partial charge is 0.464 e. The molecule has 128 valence electrons. The number of nitrogens with zero attached hydrogens (tertiary/aromatic N) is 2. The number of carbonyl (C=O) groups is 3. The van der Waals surface area contributed by atoms with Crippen molar-refractivity contribution in [1.82, 2.24) is 15.1 Å². The van der Waals surface area contributed by atoms with Gasteiger partial charge in [0.15, 0.2) is 0 Å². The lowest BCUT2D eigenvalue weighted by Crippen LogP contribution is -2.44. The molecular formula is C17H21N3O4. The Balaban J connectivity index is 1.42. The standard InChI is InChI=1S/C17H21N3O4/c21-15(24-12-11-19-9-6-18-7-10-19)5-8-20-16(22)13-3-1-2-4-14(13)17(20)23/h1-4,18H,5-12H2. The summed E-state index contributed by atoms with van der Waals surface area (Å²) in [6.07, 6.45) is 0.0209. The van der Waals surface area contributed by atoms with Crippen LogP contribution in [0.5, 0.6) is 0 Å². The van der Waals surface area contributed by atoms with Gasteiger partial charge in [0.05, 0.1) is 17.5 Å². The third-order valence-corrected chi connectivity index (χ3v) is 4.30. The van der Waals surface area contributed by atoms with Crippen LogP contribution in [0, 0.1) is 0 Å². The lowest BCUT2D eigenvalue weighted by atomic mass is 10.1. The van der Waals surface area contributed by atoms with E-state index in [9.17, 15) is 14.4 Å². The molecule has 3 rings (SSSR count). The molecule has 7 nitrogen and oxygen atoms in total. The van der Waals surface area contributed by atoms with Crippen LogP contribution in [0.4, 0.5) is 0 Å². The van der Waals surface area contributed by atoms with E-state index in [1.807, 2.05) is 0 Å². The molecule has 0 atom stereocenters. The summed E-state index contributed by atoms with van der Waals surface area (Å²) in [7, 11) is 0. The molecule has 1 N–H and O–H groups in total. The molecule has 1 aromatic carbocycles. The molecule has 2 heterocycles. The van der Waals surface area contributed by atoms with Crippen LogP contribution in [0.15, 0.2) is 24.3 Å². The third kappa shape index (κ3) is 3.63. The molecule has 7 heteroatoms. The van der Waals surface area contributed by atoms with E-state index in [0.717, 1.165) is 31.1 Å². The monoisotopic (exact) mass is 331 g/mol. The topological polar surface area (TPSA) is 79.0 Å². The number of ether oxygens (including phenoxy) is 1. The summed E-state index contributed by atoms with van der Waals surface area (Å²) in [6.45, 7) is 4.90. The molecular weight excluding hydrogens is 310 g/mol. The molecule has 0 aromatic heterocycles. The van der Waals surface area contributed by atoms with E-state index in [1.165, 1.54) is 0 Å². The van der Waals surface area contributed by atoms with Crippen molar-refractivity contribution in [2.45, 2.75) is 6.42 Å². The van der Waals surface area contributed by atoms with Gasteiger partial charge in [0.1, 0.15) is 6.61 Å². The minimum absolute atomic E-state index is 0.0209. The predicted molar refractivity (Wildman–Crippen MR) is 86.7 cm³/mol. The summed E-state index contributed by atoms with van der Waals surface area (Å²) in [5.74, 6) is -1.07. The smallest absolute Gasteiger partial charge is 0.307 e. The highest BCUT2D eigenvalue weighted by Gasteiger charge is 2.35. The third-order valence-electron chi connectivity index (χ3n) is 4.30. The molecule has 1 saturated heterocycles. The minimum atomic E-state index is -0.387. The minimum Gasteiger partial charge on any atom is -0.464 e. The number of esters is 1. The fourth-order valence-corrected chi connectivity index (χ4v) is 2.94. The number of imide groups is 1. The molecule has 24 heavy (non-hydrogen) atoms. The number of hydrogen-bond acceptors (Lipinski definition) is 6. The van der Waals surface area contributed by atoms with Crippen LogP contribution in [0.1, 0.15) is 27.1 Å². The van der Waals surface area contributed by atoms with Gasteiger partial charge in [0, 0.05) is 39.3 Å². The fourth-order valence-electron chi connectivity index (χ4n) is 2.94. The van der Waals surface area contributed by atoms with E-state index in [1.54, 1.807) is 24.3 Å². The first kappa shape index (κ1) is 16.6. The first-order chi connectivity index (χ1) is 11.7. The second kappa shape index (κ2) is 7.55. The number of piperazine rings is 1. The maximum Gasteiger partial charge on any atom is 0.307 e. The van der Waals surface area contributed by atoms with E-state index < -0.39 is 0 Å². The summed E-state index contributed by atoms with van der Waals surface area (Å²) < 4.78 is 5.20. The Hall–Kier alpha value is -2.25. The van der Waals surface area contributed by atoms with Crippen LogP contribution in [-0.4, -0.2) is 73.5 Å². The number of fused-ring (bicyclic) bond motifs is 1. The van der Waals surface area contributed by atoms with E-state index >= 15 is 0 Å². The van der Waals surface area contributed by atoms with Crippen LogP contribution < -0.4 is 5.32 Å². The molecule has 0 radical (unpaired) electrons. The van der Waals surface area contributed by atoms with Crippen molar-refractivity contribution in [2.24, 2.45) is 0 Å². The van der Waals surface area contributed by atoms with Crippen molar-refractivity contribution >= 4 is 17.8 Å². The number of nitrogens with one attached hydrogen (secondary N) is 1. The zero-order valence-corrected chi connectivity index (χ0v) is 13.5. The summed E-state index contributed by atoms with van der Waals surface area (Å²) in [5, 5.41) is 3.26. The number of rotatable bonds is 6. The van der Waals surface area contributed by atoms with Crippen LogP contribution in [0.25, 0.3) is 0 Å². The zero-order chi connectivity index (χ0) is 16.9. The van der Waals surface area contributed by atoms with Crippen molar-refractivity contribution in [1.29, 1.82) is 0 Å². The van der Waals surface area contributed by atoms with Crippen molar-refractivity contribution in [3.63, 3.8) is 0 Å². The molecule has 0 unspecified atom stereocenters. The van der Waals surface area contributed by atoms with Crippen molar-refractivity contribution in [3.05, 3.63) is 35.4 Å². The van der Waals surface area contributed by atoms with Gasteiger partial charge in [0.25, 0.3) is 11.8 Å². The predicted octanol–water partition coefficient (Wildman–Crippen LogP) is 0.121. The van der Waals surface area contributed by atoms with Gasteiger partial charge in [-0.3, -0.25) is 24.2 Å². The van der Waals surface area contributed by atoms with Crippen molar-refractivity contribution in [3.8, 4) is 0 Å². The summed E-state index contributed by atoms with van der Waals surface area (Å²) >= 11 is 0. The quantitative estimate of drug-likeness (QED) is 0.589. The second-order valence-electron chi connectivity index (χ2n) is 5.87. The highest BCUT2D eigenvalue weighted by Crippen LogP contribution is 2.22.